The fourth-order valence-electron chi connectivity index (χ4n) is 2.52. The molecule has 1 aliphatic heterocycles. The van der Waals surface area contributed by atoms with Gasteiger partial charge in [-0.2, -0.15) is 0 Å². The number of nitrogens with zero attached hydrogens (tertiary/aromatic N) is 2. The van der Waals surface area contributed by atoms with Gasteiger partial charge in [-0.3, -0.25) is 4.90 Å². The van der Waals surface area contributed by atoms with Crippen LogP contribution in [0, 0.1) is 0 Å². The van der Waals surface area contributed by atoms with E-state index in [1.165, 1.54) is 5.69 Å². The van der Waals surface area contributed by atoms with Crippen molar-refractivity contribution >= 4 is 17.3 Å². The first-order valence-electron chi connectivity index (χ1n) is 7.57. The lowest BCUT2D eigenvalue weighted by Crippen LogP contribution is -2.49. The van der Waals surface area contributed by atoms with Crippen LogP contribution in [0.3, 0.4) is 0 Å². The molecule has 1 saturated heterocycles. The van der Waals surface area contributed by atoms with E-state index < -0.39 is 6.10 Å². The van der Waals surface area contributed by atoms with Gasteiger partial charge in [0.05, 0.1) is 18.8 Å². The van der Waals surface area contributed by atoms with Gasteiger partial charge in [0.2, 0.25) is 0 Å². The zero-order valence-corrected chi connectivity index (χ0v) is 13.6. The smallest absolute Gasteiger partial charge is 0.0900 e. The first kappa shape index (κ1) is 16.6. The minimum Gasteiger partial charge on any atom is -0.389 e. The summed E-state index contributed by atoms with van der Waals surface area (Å²) >= 11 is 6.04. The highest BCUT2D eigenvalue weighted by Gasteiger charge is 2.19. The van der Waals surface area contributed by atoms with Crippen molar-refractivity contribution in [1.82, 2.24) is 4.90 Å². The number of rotatable bonds is 6. The molecule has 1 aromatic rings. The molecule has 0 spiro atoms. The molecule has 21 heavy (non-hydrogen) atoms. The van der Waals surface area contributed by atoms with Crippen molar-refractivity contribution in [1.29, 1.82) is 0 Å². The van der Waals surface area contributed by atoms with Gasteiger partial charge in [-0.05, 0) is 32.0 Å². The third kappa shape index (κ3) is 5.47. The van der Waals surface area contributed by atoms with Crippen LogP contribution < -0.4 is 4.90 Å². The molecule has 1 aromatic carbocycles. The number of benzene rings is 1. The van der Waals surface area contributed by atoms with E-state index in [1.807, 2.05) is 32.0 Å². The minimum absolute atomic E-state index is 0.166. The van der Waals surface area contributed by atoms with Crippen molar-refractivity contribution in [2.75, 3.05) is 44.2 Å². The van der Waals surface area contributed by atoms with Crippen LogP contribution in [0.5, 0.6) is 0 Å². The summed E-state index contributed by atoms with van der Waals surface area (Å²) in [5, 5.41) is 10.7. The summed E-state index contributed by atoms with van der Waals surface area (Å²) < 4.78 is 5.45. The molecule has 0 radical (unpaired) electrons. The van der Waals surface area contributed by atoms with E-state index in [4.69, 9.17) is 16.3 Å². The Labute approximate surface area is 132 Å². The van der Waals surface area contributed by atoms with Gasteiger partial charge >= 0.3 is 0 Å². The van der Waals surface area contributed by atoms with Crippen LogP contribution in [0.15, 0.2) is 24.3 Å². The first-order chi connectivity index (χ1) is 10.0. The number of anilines is 1. The van der Waals surface area contributed by atoms with Gasteiger partial charge in [-0.1, -0.05) is 17.7 Å². The molecule has 0 amide bonds. The number of hydrogen-bond donors (Lipinski definition) is 1. The highest BCUT2D eigenvalue weighted by molar-refractivity contribution is 6.30. The van der Waals surface area contributed by atoms with Crippen LogP contribution in [0.1, 0.15) is 13.8 Å². The lowest BCUT2D eigenvalue weighted by molar-refractivity contribution is -0.00899. The maximum absolute atomic E-state index is 9.97. The molecule has 0 aliphatic carbocycles. The topological polar surface area (TPSA) is 35.9 Å². The molecule has 4 nitrogen and oxygen atoms in total. The molecule has 2 rings (SSSR count). The second kappa shape index (κ2) is 7.99. The molecule has 1 aliphatic rings. The first-order valence-corrected chi connectivity index (χ1v) is 7.95. The van der Waals surface area contributed by atoms with Crippen molar-refractivity contribution in [3.63, 3.8) is 0 Å². The molecule has 118 valence electrons. The number of β-amino-alcohol motifs (C(OH)–C–C–N with tert-alkyl or cyclic N) is 1. The number of aliphatic hydroxyl groups is 1. The van der Waals surface area contributed by atoms with Gasteiger partial charge in [0.25, 0.3) is 0 Å². The van der Waals surface area contributed by atoms with Crippen molar-refractivity contribution < 1.29 is 9.84 Å². The Balaban J connectivity index is 1.75. The Kier molecular flexibility index (Phi) is 6.30. The maximum Gasteiger partial charge on any atom is 0.0900 e. The highest BCUT2D eigenvalue weighted by Crippen LogP contribution is 2.20. The summed E-state index contributed by atoms with van der Waals surface area (Å²) in [5.74, 6) is 0. The normalized spacial score (nSPS) is 18.2. The predicted octanol–water partition coefficient (Wildman–Crippen LogP) is 2.25. The van der Waals surface area contributed by atoms with Crippen molar-refractivity contribution in [3.05, 3.63) is 29.3 Å². The Bertz CT molecular complexity index is 434. The van der Waals surface area contributed by atoms with E-state index in [-0.39, 0.29) is 6.10 Å². The predicted molar refractivity (Wildman–Crippen MR) is 87.2 cm³/mol. The second-order valence-electron chi connectivity index (χ2n) is 5.80. The summed E-state index contributed by atoms with van der Waals surface area (Å²) in [6.45, 7) is 8.86. The fraction of sp³-hybridized carbons (Fsp3) is 0.625. The summed E-state index contributed by atoms with van der Waals surface area (Å²) in [4.78, 5) is 4.62. The quantitative estimate of drug-likeness (QED) is 0.874. The van der Waals surface area contributed by atoms with E-state index >= 15 is 0 Å². The third-order valence-corrected chi connectivity index (χ3v) is 3.87. The molecule has 1 heterocycles. The number of piperazine rings is 1. The van der Waals surface area contributed by atoms with Crippen LogP contribution in [-0.4, -0.2) is 61.5 Å². The van der Waals surface area contributed by atoms with E-state index in [1.54, 1.807) is 0 Å². The minimum atomic E-state index is -0.412. The zero-order chi connectivity index (χ0) is 15.2. The van der Waals surface area contributed by atoms with Gasteiger partial charge < -0.3 is 14.7 Å². The van der Waals surface area contributed by atoms with Crippen LogP contribution >= 0.6 is 11.6 Å². The molecule has 5 heteroatoms. The summed E-state index contributed by atoms with van der Waals surface area (Å²) in [7, 11) is 0. The van der Waals surface area contributed by atoms with Gasteiger partial charge in [0.1, 0.15) is 0 Å². The van der Waals surface area contributed by atoms with Gasteiger partial charge in [0.15, 0.2) is 0 Å². The summed E-state index contributed by atoms with van der Waals surface area (Å²) in [6, 6.07) is 7.97. The number of halogens is 1. The molecular weight excluding hydrogens is 288 g/mol. The molecule has 0 aromatic heterocycles. The third-order valence-electron chi connectivity index (χ3n) is 3.64. The maximum atomic E-state index is 9.97. The Morgan fingerprint density at radius 2 is 1.95 bits per heavy atom. The standard InChI is InChI=1S/C16H25ClN2O2/c1-13(2)21-12-16(20)11-18-6-8-19(9-7-18)15-5-3-4-14(17)10-15/h3-5,10,13,16,20H,6-9,11-12H2,1-2H3. The van der Waals surface area contributed by atoms with Crippen LogP contribution in [-0.2, 0) is 4.74 Å². The van der Waals surface area contributed by atoms with Gasteiger partial charge in [0, 0.05) is 43.4 Å². The van der Waals surface area contributed by atoms with Crippen molar-refractivity contribution in [3.8, 4) is 0 Å². The van der Waals surface area contributed by atoms with Gasteiger partial charge in [-0.25, -0.2) is 0 Å². The average Bonchev–Trinajstić information content (AvgIpc) is 2.46. The number of ether oxygens (including phenoxy) is 1. The SMILES string of the molecule is CC(C)OCC(O)CN1CCN(c2cccc(Cl)c2)CC1. The number of aliphatic hydroxyl groups excluding tert-OH is 1. The lowest BCUT2D eigenvalue weighted by atomic mass is 10.2. The molecule has 0 bridgehead atoms. The number of hydrogen-bond acceptors (Lipinski definition) is 4. The van der Waals surface area contributed by atoms with Crippen molar-refractivity contribution in [2.45, 2.75) is 26.1 Å². The molecular formula is C16H25ClN2O2. The highest BCUT2D eigenvalue weighted by atomic mass is 35.5. The summed E-state index contributed by atoms with van der Waals surface area (Å²) in [6.07, 6.45) is -0.246. The van der Waals surface area contributed by atoms with Crippen LogP contribution in [0.2, 0.25) is 5.02 Å². The molecule has 1 unspecified atom stereocenters. The van der Waals surface area contributed by atoms with E-state index in [0.717, 1.165) is 31.2 Å². The monoisotopic (exact) mass is 312 g/mol. The largest absolute Gasteiger partial charge is 0.389 e. The van der Waals surface area contributed by atoms with E-state index in [0.29, 0.717) is 13.2 Å². The fourth-order valence-corrected chi connectivity index (χ4v) is 2.70. The van der Waals surface area contributed by atoms with E-state index in [9.17, 15) is 5.11 Å². The Hall–Kier alpha value is -0.810. The Morgan fingerprint density at radius 3 is 2.57 bits per heavy atom. The van der Waals surface area contributed by atoms with E-state index in [2.05, 4.69) is 15.9 Å². The van der Waals surface area contributed by atoms with Gasteiger partial charge in [-0.15, -0.1) is 0 Å². The average molecular weight is 313 g/mol. The van der Waals surface area contributed by atoms with Crippen LogP contribution in [0.25, 0.3) is 0 Å². The molecule has 1 atom stereocenters. The molecule has 1 N–H and O–H groups in total. The Morgan fingerprint density at radius 1 is 1.24 bits per heavy atom. The molecule has 1 fully saturated rings. The zero-order valence-electron chi connectivity index (χ0n) is 12.8. The van der Waals surface area contributed by atoms with Crippen LogP contribution in [0.4, 0.5) is 5.69 Å². The molecule has 0 saturated carbocycles. The lowest BCUT2D eigenvalue weighted by Gasteiger charge is -2.37. The summed E-state index contributed by atoms with van der Waals surface area (Å²) in [5.41, 5.74) is 1.17. The van der Waals surface area contributed by atoms with Crippen molar-refractivity contribution in [2.24, 2.45) is 0 Å². The second-order valence-corrected chi connectivity index (χ2v) is 6.24.